The Morgan fingerprint density at radius 1 is 1.23 bits per heavy atom. The van der Waals surface area contributed by atoms with Crippen LogP contribution in [0.15, 0.2) is 56.5 Å². The van der Waals surface area contributed by atoms with Gasteiger partial charge in [-0.25, -0.2) is 9.98 Å². The molecule has 0 saturated carbocycles. The van der Waals surface area contributed by atoms with Crippen molar-refractivity contribution in [3.63, 3.8) is 0 Å². The molecular formula is C25H29N9O. The number of rotatable bonds is 4. The smallest absolute Gasteiger partial charge is 0.259 e. The Hall–Kier alpha value is -3.79. The first-order chi connectivity index (χ1) is 17.0. The summed E-state index contributed by atoms with van der Waals surface area (Å²) in [7, 11) is 2.13. The zero-order chi connectivity index (χ0) is 24.1. The van der Waals surface area contributed by atoms with Crippen molar-refractivity contribution >= 4 is 28.7 Å². The lowest BCUT2D eigenvalue weighted by Crippen LogP contribution is -2.43. The van der Waals surface area contributed by atoms with Crippen LogP contribution in [0.5, 0.6) is 0 Å². The molecule has 1 aromatic carbocycles. The van der Waals surface area contributed by atoms with Gasteiger partial charge in [-0.05, 0) is 56.9 Å². The Morgan fingerprint density at radius 3 is 2.83 bits per heavy atom. The highest BCUT2D eigenvalue weighted by Crippen LogP contribution is 2.32. The summed E-state index contributed by atoms with van der Waals surface area (Å²) in [6.45, 7) is 4.39. The Morgan fingerprint density at radius 2 is 2.06 bits per heavy atom. The van der Waals surface area contributed by atoms with Crippen molar-refractivity contribution in [2.75, 3.05) is 20.1 Å². The maximum atomic E-state index is 13.9. The highest BCUT2D eigenvalue weighted by molar-refractivity contribution is 6.17. The molecule has 1 saturated heterocycles. The summed E-state index contributed by atoms with van der Waals surface area (Å²) in [5, 5.41) is 15.6. The van der Waals surface area contributed by atoms with Gasteiger partial charge in [0.25, 0.3) is 5.56 Å². The molecule has 3 N–H and O–H groups in total. The van der Waals surface area contributed by atoms with E-state index in [2.05, 4.69) is 38.2 Å². The molecule has 3 aliphatic rings. The molecule has 0 spiro atoms. The molecule has 6 rings (SSSR count). The van der Waals surface area contributed by atoms with Crippen molar-refractivity contribution in [3.8, 4) is 0 Å². The number of pyridine rings is 1. The molecule has 35 heavy (non-hydrogen) atoms. The number of aryl methyl sites for hydroxylation is 1. The predicted octanol–water partition coefficient (Wildman–Crippen LogP) is 1.86. The van der Waals surface area contributed by atoms with E-state index in [9.17, 15) is 4.79 Å². The number of nitrogens with two attached hydrogens (primary N) is 1. The number of nitrogens with zero attached hydrogens (tertiary/aromatic N) is 7. The lowest BCUT2D eigenvalue weighted by atomic mass is 9.95. The normalized spacial score (nSPS) is 23.0. The lowest BCUT2D eigenvalue weighted by molar-refractivity contribution is 0.191. The molecule has 3 aliphatic heterocycles. The van der Waals surface area contributed by atoms with Crippen LogP contribution in [-0.4, -0.2) is 68.9 Å². The summed E-state index contributed by atoms with van der Waals surface area (Å²) >= 11 is 0. The van der Waals surface area contributed by atoms with Crippen molar-refractivity contribution in [1.82, 2.24) is 24.7 Å². The van der Waals surface area contributed by atoms with Crippen molar-refractivity contribution in [2.24, 2.45) is 26.7 Å². The topological polar surface area (TPSA) is 120 Å². The molecule has 3 aromatic rings. The van der Waals surface area contributed by atoms with Gasteiger partial charge in [-0.15, -0.1) is 0 Å². The van der Waals surface area contributed by atoms with Crippen LogP contribution in [0, 0.1) is 12.8 Å². The minimum Gasteiger partial charge on any atom is -0.386 e. The first-order valence-corrected chi connectivity index (χ1v) is 12.0. The number of hydrogen-bond acceptors (Lipinski definition) is 8. The van der Waals surface area contributed by atoms with Gasteiger partial charge in [-0.2, -0.15) is 10.2 Å². The third-order valence-electron chi connectivity index (χ3n) is 7.42. The van der Waals surface area contributed by atoms with Crippen LogP contribution in [0.1, 0.15) is 35.7 Å². The quantitative estimate of drug-likeness (QED) is 0.602. The van der Waals surface area contributed by atoms with Gasteiger partial charge < -0.3 is 15.2 Å². The van der Waals surface area contributed by atoms with Crippen LogP contribution in [0.4, 0.5) is 0 Å². The molecule has 180 valence electrons. The molecule has 2 unspecified atom stereocenters. The average molecular weight is 472 g/mol. The largest absolute Gasteiger partial charge is 0.386 e. The van der Waals surface area contributed by atoms with E-state index in [4.69, 9.17) is 10.8 Å². The number of fused-ring (bicyclic) bond motifs is 2. The van der Waals surface area contributed by atoms with E-state index in [1.165, 1.54) is 6.34 Å². The van der Waals surface area contributed by atoms with E-state index >= 15 is 0 Å². The summed E-state index contributed by atoms with van der Waals surface area (Å²) in [6.07, 6.45) is 6.61. The Labute approximate surface area is 202 Å². The number of aliphatic imine (C=N–C) groups is 2. The second-order valence-electron chi connectivity index (χ2n) is 9.66. The number of aromatic amines is 1. The van der Waals surface area contributed by atoms with Crippen LogP contribution in [0.2, 0.25) is 0 Å². The zero-order valence-corrected chi connectivity index (χ0v) is 19.9. The molecule has 0 radical (unpaired) electrons. The summed E-state index contributed by atoms with van der Waals surface area (Å²) in [5.41, 5.74) is 9.97. The van der Waals surface area contributed by atoms with Gasteiger partial charge in [0.1, 0.15) is 18.1 Å². The first-order valence-electron chi connectivity index (χ1n) is 12.0. The van der Waals surface area contributed by atoms with E-state index < -0.39 is 0 Å². The number of piperidine rings is 1. The number of hydrogen-bond donors (Lipinski definition) is 2. The lowest BCUT2D eigenvalue weighted by Gasteiger charge is -2.33. The fraction of sp³-hybridized carbons (Fsp3) is 0.400. The molecule has 10 heteroatoms. The monoisotopic (exact) mass is 471 g/mol. The SMILES string of the molecule is Cc1cccc2cc(CN3N=C(c4cn[nH]c4)C4C(N)=NC=NC43)n(C3CCN(C)CC3)c(=O)c12. The first kappa shape index (κ1) is 21.7. The summed E-state index contributed by atoms with van der Waals surface area (Å²) < 4.78 is 2.02. The summed E-state index contributed by atoms with van der Waals surface area (Å²) in [4.78, 5) is 25.1. The van der Waals surface area contributed by atoms with Crippen LogP contribution in [-0.2, 0) is 6.54 Å². The van der Waals surface area contributed by atoms with Crippen LogP contribution < -0.4 is 11.3 Å². The van der Waals surface area contributed by atoms with E-state index in [1.54, 1.807) is 12.4 Å². The minimum atomic E-state index is -0.313. The van der Waals surface area contributed by atoms with Gasteiger partial charge >= 0.3 is 0 Å². The molecule has 0 amide bonds. The molecule has 1 fully saturated rings. The van der Waals surface area contributed by atoms with E-state index in [0.29, 0.717) is 12.4 Å². The standard InChI is InChI=1S/C25H29N9O/c1-15-4-3-5-16-10-19(34(25(35)20(15)16)18-6-8-32(2)9-7-18)13-33-24-21(23(26)27-14-28-24)22(31-33)17-11-29-30-12-17/h3-5,10-12,14,18,21,24H,6-9,13H2,1-2H3,(H,29,30)(H2,26,27,28). The molecular weight excluding hydrogens is 442 g/mol. The van der Waals surface area contributed by atoms with Crippen LogP contribution in [0.25, 0.3) is 10.8 Å². The van der Waals surface area contributed by atoms with Gasteiger partial charge in [0.05, 0.1) is 23.8 Å². The summed E-state index contributed by atoms with van der Waals surface area (Å²) in [6, 6.07) is 8.32. The second kappa shape index (κ2) is 8.46. The second-order valence-corrected chi connectivity index (χ2v) is 9.66. The molecule has 5 heterocycles. The third-order valence-corrected chi connectivity index (χ3v) is 7.42. The highest BCUT2D eigenvalue weighted by Gasteiger charge is 2.42. The number of nitrogens with one attached hydrogen (secondary N) is 1. The third kappa shape index (κ3) is 3.65. The maximum absolute atomic E-state index is 13.9. The van der Waals surface area contributed by atoms with Crippen molar-refractivity contribution in [3.05, 3.63) is 63.8 Å². The Balaban J connectivity index is 1.46. The fourth-order valence-electron chi connectivity index (χ4n) is 5.58. The van der Waals surface area contributed by atoms with Gasteiger partial charge in [0.15, 0.2) is 6.17 Å². The molecule has 10 nitrogen and oxygen atoms in total. The maximum Gasteiger partial charge on any atom is 0.259 e. The average Bonchev–Trinajstić information content (AvgIpc) is 3.49. The van der Waals surface area contributed by atoms with Crippen molar-refractivity contribution in [1.29, 1.82) is 0 Å². The zero-order valence-electron chi connectivity index (χ0n) is 19.9. The number of aromatic nitrogens is 3. The number of hydrazone groups is 1. The van der Waals surface area contributed by atoms with Crippen LogP contribution >= 0.6 is 0 Å². The van der Waals surface area contributed by atoms with Gasteiger partial charge in [-0.1, -0.05) is 18.2 Å². The highest BCUT2D eigenvalue weighted by atomic mass is 16.1. The van der Waals surface area contributed by atoms with E-state index in [-0.39, 0.29) is 23.7 Å². The predicted molar refractivity (Wildman–Crippen MR) is 137 cm³/mol. The van der Waals surface area contributed by atoms with E-state index in [0.717, 1.165) is 59.2 Å². The number of amidine groups is 1. The molecule has 0 bridgehead atoms. The molecule has 2 atom stereocenters. The number of likely N-dealkylation sites (tertiary alicyclic amines) is 1. The molecule has 2 aromatic heterocycles. The van der Waals surface area contributed by atoms with Crippen LogP contribution in [0.3, 0.4) is 0 Å². The molecule has 0 aliphatic carbocycles. The Bertz CT molecular complexity index is 1410. The van der Waals surface area contributed by atoms with Gasteiger partial charge in [0.2, 0.25) is 0 Å². The van der Waals surface area contributed by atoms with Gasteiger partial charge in [-0.3, -0.25) is 14.9 Å². The van der Waals surface area contributed by atoms with Crippen molar-refractivity contribution in [2.45, 2.75) is 38.5 Å². The Kier molecular flexibility index (Phi) is 5.25. The number of H-pyrrole nitrogens is 1. The van der Waals surface area contributed by atoms with Gasteiger partial charge in [0, 0.05) is 23.5 Å². The van der Waals surface area contributed by atoms with Crippen molar-refractivity contribution < 1.29 is 0 Å². The summed E-state index contributed by atoms with van der Waals surface area (Å²) in [5.74, 6) is 0.220. The van der Waals surface area contributed by atoms with E-state index in [1.807, 2.05) is 34.7 Å². The minimum absolute atomic E-state index is 0.0770. The fourth-order valence-corrected chi connectivity index (χ4v) is 5.58. The number of benzene rings is 1.